The van der Waals surface area contributed by atoms with Crippen molar-refractivity contribution in [3.8, 4) is 0 Å². The van der Waals surface area contributed by atoms with E-state index >= 15 is 0 Å². The summed E-state index contributed by atoms with van der Waals surface area (Å²) in [7, 11) is -3.71. The number of methoxy groups -OCH3 is 1. The summed E-state index contributed by atoms with van der Waals surface area (Å²) in [5.74, 6) is 0. The van der Waals surface area contributed by atoms with Gasteiger partial charge in [0.1, 0.15) is 0 Å². The minimum Gasteiger partial charge on any atom is -0.460 e. The summed E-state index contributed by atoms with van der Waals surface area (Å²) in [5.41, 5.74) is -1.50. The van der Waals surface area contributed by atoms with E-state index < -0.39 is 13.3 Å². The summed E-state index contributed by atoms with van der Waals surface area (Å²) in [6.45, 7) is 0. The topological polar surface area (TPSA) is 83.8 Å². The summed E-state index contributed by atoms with van der Waals surface area (Å²) in [4.78, 5) is 25.7. The molecule has 8 heteroatoms. The Hall–Kier alpha value is 1.62. The van der Waals surface area contributed by atoms with E-state index in [1.165, 1.54) is 0 Å². The molecule has 0 amide bonds. The largest absolute Gasteiger partial charge is 0.460 e. The summed E-state index contributed by atoms with van der Waals surface area (Å²) in [6, 6.07) is 0. The molecule has 2 N–H and O–H groups in total. The molecule has 5 nitrogen and oxygen atoms in total. The van der Waals surface area contributed by atoms with Crippen molar-refractivity contribution in [3.05, 3.63) is 0 Å². The van der Waals surface area contributed by atoms with Gasteiger partial charge in [0.2, 0.25) is 0 Å². The maximum Gasteiger partial charge on any atom is 0.433 e. The van der Waals surface area contributed by atoms with E-state index in [1.54, 1.807) is 0 Å². The van der Waals surface area contributed by atoms with E-state index in [-0.39, 0.29) is 59.1 Å². The SMILES string of the molecule is COC(=O)P(=O)(O)O.[Na].[Na]. The van der Waals surface area contributed by atoms with Crippen LogP contribution in [0.25, 0.3) is 0 Å². The fourth-order valence-electron chi connectivity index (χ4n) is 0.119. The molecule has 0 heterocycles. The van der Waals surface area contributed by atoms with E-state index in [0.29, 0.717) is 0 Å². The molecule has 0 atom stereocenters. The van der Waals surface area contributed by atoms with Crippen LogP contribution in [0.4, 0.5) is 4.79 Å². The van der Waals surface area contributed by atoms with Crippen LogP contribution in [0.5, 0.6) is 0 Å². The molecule has 0 saturated heterocycles. The van der Waals surface area contributed by atoms with E-state index in [1.807, 2.05) is 0 Å². The number of carbonyl (C=O) groups excluding carboxylic acids is 1. The first-order valence-electron chi connectivity index (χ1n) is 1.62. The van der Waals surface area contributed by atoms with Crippen LogP contribution in [0.1, 0.15) is 0 Å². The van der Waals surface area contributed by atoms with E-state index in [9.17, 15) is 9.36 Å². The number of rotatable bonds is 1. The summed E-state index contributed by atoms with van der Waals surface area (Å²) >= 11 is 0. The zero-order valence-electron chi connectivity index (χ0n) is 6.07. The molecule has 0 aromatic heterocycles. The molecule has 0 unspecified atom stereocenters. The molecule has 50 valence electrons. The van der Waals surface area contributed by atoms with Crippen LogP contribution in [0, 0.1) is 0 Å². The smallest absolute Gasteiger partial charge is 0.433 e. The number of hydrogen-bond acceptors (Lipinski definition) is 3. The van der Waals surface area contributed by atoms with Gasteiger partial charge in [-0.05, 0) is 0 Å². The van der Waals surface area contributed by atoms with Crippen LogP contribution in [-0.4, -0.2) is 81.7 Å². The predicted molar refractivity (Wildman–Crippen MR) is 36.0 cm³/mol. The zero-order valence-corrected chi connectivity index (χ0v) is 11.0. The third-order valence-electron chi connectivity index (χ3n) is 0.412. The Labute approximate surface area is 102 Å². The molecule has 0 fully saturated rings. The summed E-state index contributed by atoms with van der Waals surface area (Å²) in [5, 5.41) is 0. The molecule has 0 aliphatic heterocycles. The zero-order chi connectivity index (χ0) is 6.78. The first-order chi connectivity index (χ1) is 3.48. The maximum atomic E-state index is 9.85. The van der Waals surface area contributed by atoms with E-state index in [4.69, 9.17) is 9.79 Å². The fraction of sp³-hybridized carbons (Fsp3) is 0.500. The van der Waals surface area contributed by atoms with Crippen LogP contribution in [-0.2, 0) is 9.30 Å². The third-order valence-corrected chi connectivity index (χ3v) is 1.07. The molecule has 0 spiro atoms. The first-order valence-corrected chi connectivity index (χ1v) is 3.24. The van der Waals surface area contributed by atoms with E-state index in [2.05, 4.69) is 4.74 Å². The van der Waals surface area contributed by atoms with Crippen molar-refractivity contribution in [2.45, 2.75) is 0 Å². The number of ether oxygens (including phenoxy) is 1. The molecular formula is C2H5Na2O5P. The van der Waals surface area contributed by atoms with Crippen molar-refractivity contribution in [1.29, 1.82) is 0 Å². The Morgan fingerprint density at radius 2 is 1.70 bits per heavy atom. The Morgan fingerprint density at radius 3 is 1.70 bits per heavy atom. The quantitative estimate of drug-likeness (QED) is 0.412. The van der Waals surface area contributed by atoms with Gasteiger partial charge >= 0.3 is 13.3 Å². The van der Waals surface area contributed by atoms with Gasteiger partial charge in [-0.25, -0.2) is 9.36 Å². The number of carbonyl (C=O) groups is 1. The average Bonchev–Trinajstić information content (AvgIpc) is 1.62. The predicted octanol–water partition coefficient (Wildman–Crippen LogP) is -0.831. The summed E-state index contributed by atoms with van der Waals surface area (Å²) in [6.07, 6.45) is 0. The van der Waals surface area contributed by atoms with Gasteiger partial charge in [-0.2, -0.15) is 0 Å². The van der Waals surface area contributed by atoms with Crippen molar-refractivity contribution >= 4 is 72.4 Å². The van der Waals surface area contributed by atoms with Crippen molar-refractivity contribution in [1.82, 2.24) is 0 Å². The molecule has 2 radical (unpaired) electrons. The Morgan fingerprint density at radius 1 is 1.40 bits per heavy atom. The normalized spacial score (nSPS) is 8.70. The van der Waals surface area contributed by atoms with Gasteiger partial charge in [-0.1, -0.05) is 0 Å². The molecule has 0 aliphatic carbocycles. The third kappa shape index (κ3) is 7.72. The van der Waals surface area contributed by atoms with Gasteiger partial charge in [-0.3, -0.25) is 0 Å². The molecule has 0 rings (SSSR count). The van der Waals surface area contributed by atoms with Gasteiger partial charge in [0.15, 0.2) is 0 Å². The molecule has 10 heavy (non-hydrogen) atoms. The Bertz CT molecular complexity index is 141. The van der Waals surface area contributed by atoms with Gasteiger partial charge in [-0.15, -0.1) is 0 Å². The molecular weight excluding hydrogens is 181 g/mol. The van der Waals surface area contributed by atoms with Crippen molar-refractivity contribution in [3.63, 3.8) is 0 Å². The van der Waals surface area contributed by atoms with E-state index in [0.717, 1.165) is 7.11 Å². The molecule has 0 bridgehead atoms. The van der Waals surface area contributed by atoms with Crippen molar-refractivity contribution in [2.24, 2.45) is 0 Å². The van der Waals surface area contributed by atoms with Crippen molar-refractivity contribution in [2.75, 3.05) is 7.11 Å². The number of hydrogen-bond donors (Lipinski definition) is 2. The first kappa shape index (κ1) is 17.6. The molecule has 0 aromatic carbocycles. The monoisotopic (exact) mass is 186 g/mol. The second-order valence-corrected chi connectivity index (χ2v) is 2.47. The van der Waals surface area contributed by atoms with Crippen LogP contribution >= 0.6 is 7.60 Å². The van der Waals surface area contributed by atoms with Gasteiger partial charge in [0, 0.05) is 59.1 Å². The molecule has 0 saturated carbocycles. The average molecular weight is 186 g/mol. The summed E-state index contributed by atoms with van der Waals surface area (Å²) < 4.78 is 13.5. The second kappa shape index (κ2) is 7.28. The standard InChI is InChI=1S/C2H5O5P.2Na/c1-7-2(3)8(4,5)6;;/h1H3,(H2,4,5,6);;. The minimum atomic E-state index is -4.62. The minimum absolute atomic E-state index is 0. The van der Waals surface area contributed by atoms with Gasteiger partial charge < -0.3 is 14.5 Å². The Kier molecular flexibility index (Phi) is 12.8. The van der Waals surface area contributed by atoms with Crippen LogP contribution in [0.3, 0.4) is 0 Å². The molecule has 0 aromatic rings. The van der Waals surface area contributed by atoms with Crippen molar-refractivity contribution < 1.29 is 23.9 Å². The fourth-order valence-corrected chi connectivity index (χ4v) is 0.357. The Balaban J connectivity index is -0.000000245. The van der Waals surface area contributed by atoms with Gasteiger partial charge in [0.05, 0.1) is 7.11 Å². The van der Waals surface area contributed by atoms with Crippen LogP contribution in [0.15, 0.2) is 0 Å². The van der Waals surface area contributed by atoms with Crippen LogP contribution < -0.4 is 0 Å². The maximum absolute atomic E-state index is 9.85. The van der Waals surface area contributed by atoms with Gasteiger partial charge in [0.25, 0.3) is 0 Å². The second-order valence-electron chi connectivity index (χ2n) is 1.01. The van der Waals surface area contributed by atoms with Crippen LogP contribution in [0.2, 0.25) is 0 Å². The molecule has 0 aliphatic rings.